The van der Waals surface area contributed by atoms with Gasteiger partial charge >= 0.3 is 0 Å². The molecule has 0 saturated heterocycles. The van der Waals surface area contributed by atoms with Crippen molar-refractivity contribution >= 4 is 23.4 Å². The van der Waals surface area contributed by atoms with Crippen molar-refractivity contribution in [2.24, 2.45) is 0 Å². The van der Waals surface area contributed by atoms with E-state index in [0.717, 1.165) is 24.1 Å². The van der Waals surface area contributed by atoms with Crippen LogP contribution in [0.3, 0.4) is 0 Å². The van der Waals surface area contributed by atoms with E-state index in [1.54, 1.807) is 0 Å². The summed E-state index contributed by atoms with van der Waals surface area (Å²) in [5.41, 5.74) is 1.91. The van der Waals surface area contributed by atoms with Gasteiger partial charge in [-0.25, -0.2) is 0 Å². The largest absolute Gasteiger partial charge is 0.416 e. The van der Waals surface area contributed by atoms with Crippen LogP contribution in [0, 0.1) is 6.92 Å². The molecule has 0 aliphatic rings. The normalized spacial score (nSPS) is 10.5. The van der Waals surface area contributed by atoms with Gasteiger partial charge in [0.15, 0.2) is 0 Å². The number of benzene rings is 1. The number of carbonyl (C=O) groups is 1. The molecular weight excluding hydrogens is 274 g/mol. The van der Waals surface area contributed by atoms with Gasteiger partial charge in [-0.1, -0.05) is 30.8 Å². The zero-order chi connectivity index (χ0) is 14.4. The van der Waals surface area contributed by atoms with E-state index in [4.69, 9.17) is 4.42 Å². The van der Waals surface area contributed by atoms with Crippen LogP contribution in [0.2, 0.25) is 0 Å². The summed E-state index contributed by atoms with van der Waals surface area (Å²) in [6.45, 7) is 4.03. The Morgan fingerprint density at radius 1 is 1.40 bits per heavy atom. The van der Waals surface area contributed by atoms with Gasteiger partial charge in [-0.2, -0.15) is 0 Å². The van der Waals surface area contributed by atoms with Crippen LogP contribution < -0.4 is 5.32 Å². The van der Waals surface area contributed by atoms with Gasteiger partial charge in [0.25, 0.3) is 5.22 Å². The van der Waals surface area contributed by atoms with Gasteiger partial charge in [0.1, 0.15) is 0 Å². The predicted molar refractivity (Wildman–Crippen MR) is 78.8 cm³/mol. The van der Waals surface area contributed by atoms with Gasteiger partial charge in [-0.15, -0.1) is 10.2 Å². The van der Waals surface area contributed by atoms with Crippen molar-refractivity contribution in [3.05, 3.63) is 35.7 Å². The minimum atomic E-state index is -0.0872. The molecule has 6 heteroatoms. The number of nitrogens with one attached hydrogen (secondary N) is 1. The average molecular weight is 291 g/mol. The summed E-state index contributed by atoms with van der Waals surface area (Å²) in [5.74, 6) is 0.784. The monoisotopic (exact) mass is 291 g/mol. The minimum absolute atomic E-state index is 0.0872. The first-order valence-corrected chi connectivity index (χ1v) is 7.47. The van der Waals surface area contributed by atoms with Crippen LogP contribution in [0.25, 0.3) is 0 Å². The molecular formula is C14H17N3O2S. The van der Waals surface area contributed by atoms with E-state index in [1.165, 1.54) is 11.8 Å². The lowest BCUT2D eigenvalue weighted by atomic mass is 10.2. The molecule has 1 N–H and O–H groups in total. The summed E-state index contributed by atoms with van der Waals surface area (Å²) in [4.78, 5) is 11.8. The maximum atomic E-state index is 11.8. The van der Waals surface area contributed by atoms with E-state index in [2.05, 4.69) is 15.5 Å². The summed E-state index contributed by atoms with van der Waals surface area (Å²) >= 11 is 1.25. The fourth-order valence-electron chi connectivity index (χ4n) is 1.66. The molecule has 0 atom stereocenters. The number of nitrogens with zero attached hydrogens (tertiary/aromatic N) is 2. The molecule has 0 saturated carbocycles. The second-order valence-corrected chi connectivity index (χ2v) is 5.34. The quantitative estimate of drug-likeness (QED) is 0.828. The SMILES string of the molecule is CCCc1nnc(SCC(=O)Nc2cccc(C)c2)o1. The average Bonchev–Trinajstić information content (AvgIpc) is 2.85. The molecule has 2 aromatic rings. The fourth-order valence-corrected chi connectivity index (χ4v) is 2.24. The van der Waals surface area contributed by atoms with Gasteiger partial charge in [0, 0.05) is 12.1 Å². The molecule has 0 bridgehead atoms. The van der Waals surface area contributed by atoms with Crippen LogP contribution in [0.5, 0.6) is 0 Å². The van der Waals surface area contributed by atoms with Gasteiger partial charge < -0.3 is 9.73 Å². The molecule has 0 spiro atoms. The molecule has 1 aromatic heterocycles. The number of rotatable bonds is 6. The van der Waals surface area contributed by atoms with Crippen LogP contribution in [-0.4, -0.2) is 21.9 Å². The van der Waals surface area contributed by atoms with Crippen molar-refractivity contribution in [2.75, 3.05) is 11.1 Å². The Morgan fingerprint density at radius 3 is 3.00 bits per heavy atom. The van der Waals surface area contributed by atoms with Crippen LogP contribution in [0.4, 0.5) is 5.69 Å². The Bertz CT molecular complexity index is 583. The van der Waals surface area contributed by atoms with E-state index in [1.807, 2.05) is 38.1 Å². The maximum absolute atomic E-state index is 11.8. The lowest BCUT2D eigenvalue weighted by Gasteiger charge is -2.04. The third-order valence-corrected chi connectivity index (χ3v) is 3.36. The molecule has 5 nitrogen and oxygen atoms in total. The Morgan fingerprint density at radius 2 is 2.25 bits per heavy atom. The van der Waals surface area contributed by atoms with Gasteiger partial charge in [0.05, 0.1) is 5.75 Å². The van der Waals surface area contributed by atoms with Crippen LogP contribution >= 0.6 is 11.8 Å². The van der Waals surface area contributed by atoms with Gasteiger partial charge in [-0.05, 0) is 31.0 Å². The van der Waals surface area contributed by atoms with Crippen molar-refractivity contribution in [3.63, 3.8) is 0 Å². The fraction of sp³-hybridized carbons (Fsp3) is 0.357. The second-order valence-electron chi connectivity index (χ2n) is 4.42. The maximum Gasteiger partial charge on any atom is 0.277 e. The lowest BCUT2D eigenvalue weighted by Crippen LogP contribution is -2.13. The van der Waals surface area contributed by atoms with Crippen molar-refractivity contribution in [3.8, 4) is 0 Å². The van der Waals surface area contributed by atoms with E-state index in [0.29, 0.717) is 11.1 Å². The topological polar surface area (TPSA) is 68.0 Å². The smallest absolute Gasteiger partial charge is 0.277 e. The molecule has 2 rings (SSSR count). The van der Waals surface area contributed by atoms with Crippen LogP contribution in [0.1, 0.15) is 24.8 Å². The molecule has 0 aliphatic carbocycles. The van der Waals surface area contributed by atoms with Crippen molar-refractivity contribution in [1.29, 1.82) is 0 Å². The second kappa shape index (κ2) is 7.09. The summed E-state index contributed by atoms with van der Waals surface area (Å²) < 4.78 is 5.40. The van der Waals surface area contributed by atoms with Crippen LogP contribution in [0.15, 0.2) is 33.9 Å². The van der Waals surface area contributed by atoms with E-state index in [9.17, 15) is 4.79 Å². The first-order chi connectivity index (χ1) is 9.67. The van der Waals surface area contributed by atoms with Crippen molar-refractivity contribution < 1.29 is 9.21 Å². The lowest BCUT2D eigenvalue weighted by molar-refractivity contribution is -0.113. The number of carbonyl (C=O) groups excluding carboxylic acids is 1. The summed E-state index contributed by atoms with van der Waals surface area (Å²) in [6.07, 6.45) is 1.73. The van der Waals surface area contributed by atoms with Crippen molar-refractivity contribution in [1.82, 2.24) is 10.2 Å². The molecule has 0 aliphatic heterocycles. The molecule has 20 heavy (non-hydrogen) atoms. The highest BCUT2D eigenvalue weighted by Gasteiger charge is 2.09. The Kier molecular flexibility index (Phi) is 5.17. The Labute approximate surface area is 122 Å². The summed E-state index contributed by atoms with van der Waals surface area (Å²) in [6, 6.07) is 7.68. The highest BCUT2D eigenvalue weighted by Crippen LogP contribution is 2.17. The number of thioether (sulfide) groups is 1. The molecule has 106 valence electrons. The Balaban J connectivity index is 1.82. The number of amides is 1. The standard InChI is InChI=1S/C14H17N3O2S/c1-3-5-13-16-17-14(19-13)20-9-12(18)15-11-7-4-6-10(2)8-11/h4,6-8H,3,5,9H2,1-2H3,(H,15,18). The van der Waals surface area contributed by atoms with Crippen molar-refractivity contribution in [2.45, 2.75) is 31.9 Å². The zero-order valence-electron chi connectivity index (χ0n) is 11.5. The Hall–Kier alpha value is -1.82. The highest BCUT2D eigenvalue weighted by atomic mass is 32.2. The third kappa shape index (κ3) is 4.38. The number of aromatic nitrogens is 2. The molecule has 1 heterocycles. The summed E-state index contributed by atoms with van der Waals surface area (Å²) in [5, 5.41) is 11.1. The minimum Gasteiger partial charge on any atom is -0.416 e. The molecule has 1 aromatic carbocycles. The number of hydrogen-bond donors (Lipinski definition) is 1. The first kappa shape index (κ1) is 14.6. The predicted octanol–water partition coefficient (Wildman–Crippen LogP) is 3.06. The van der Waals surface area contributed by atoms with Gasteiger partial charge in [0.2, 0.25) is 11.8 Å². The molecule has 1 amide bonds. The summed E-state index contributed by atoms with van der Waals surface area (Å²) in [7, 11) is 0. The molecule has 0 radical (unpaired) electrons. The third-order valence-electron chi connectivity index (χ3n) is 2.54. The van der Waals surface area contributed by atoms with Gasteiger partial charge in [-0.3, -0.25) is 4.79 Å². The van der Waals surface area contributed by atoms with Crippen LogP contribution in [-0.2, 0) is 11.2 Å². The zero-order valence-corrected chi connectivity index (χ0v) is 12.4. The highest BCUT2D eigenvalue weighted by molar-refractivity contribution is 7.99. The van der Waals surface area contributed by atoms with E-state index in [-0.39, 0.29) is 11.7 Å². The first-order valence-electron chi connectivity index (χ1n) is 6.49. The number of aryl methyl sites for hydroxylation is 2. The van der Waals surface area contributed by atoms with E-state index >= 15 is 0 Å². The number of anilines is 1. The molecule has 0 unspecified atom stereocenters. The van der Waals surface area contributed by atoms with E-state index < -0.39 is 0 Å². The number of hydrogen-bond acceptors (Lipinski definition) is 5. The molecule has 0 fully saturated rings.